The maximum atomic E-state index is 4.21. The van der Waals surface area contributed by atoms with Crippen LogP contribution in [0.2, 0.25) is 0 Å². The zero-order chi connectivity index (χ0) is 12.1. The van der Waals surface area contributed by atoms with Crippen LogP contribution in [0, 0.1) is 0 Å². The molecule has 0 unspecified atom stereocenters. The van der Waals surface area contributed by atoms with Crippen molar-refractivity contribution in [2.75, 3.05) is 6.54 Å². The Morgan fingerprint density at radius 2 is 2.00 bits per heavy atom. The molecule has 0 amide bonds. The first kappa shape index (κ1) is 12.7. The van der Waals surface area contributed by atoms with Crippen molar-refractivity contribution in [3.63, 3.8) is 0 Å². The highest BCUT2D eigenvalue weighted by Crippen LogP contribution is 2.24. The molecule has 0 bridgehead atoms. The van der Waals surface area contributed by atoms with Gasteiger partial charge in [0.1, 0.15) is 10.0 Å². The van der Waals surface area contributed by atoms with E-state index in [-0.39, 0.29) is 0 Å². The average molecular weight is 312 g/mol. The van der Waals surface area contributed by atoms with Gasteiger partial charge in [0, 0.05) is 16.6 Å². The van der Waals surface area contributed by atoms with E-state index in [0.717, 1.165) is 39.6 Å². The Morgan fingerprint density at radius 3 is 2.71 bits per heavy atom. The monoisotopic (exact) mass is 311 g/mol. The number of hydrogen-bond acceptors (Lipinski definition) is 4. The standard InChI is InChI=1S/C12H14BrN3S/c1-2-7-14-8-11-15-16-12(17-11)9-3-5-10(13)6-4-9/h3-6,14H,2,7-8H2,1H3. The predicted molar refractivity (Wildman–Crippen MR) is 75.0 cm³/mol. The number of hydrogen-bond donors (Lipinski definition) is 1. The fourth-order valence-corrected chi connectivity index (χ4v) is 2.49. The maximum absolute atomic E-state index is 4.21. The van der Waals surface area contributed by atoms with Crippen molar-refractivity contribution < 1.29 is 0 Å². The van der Waals surface area contributed by atoms with E-state index in [9.17, 15) is 0 Å². The van der Waals surface area contributed by atoms with E-state index in [0.29, 0.717) is 0 Å². The lowest BCUT2D eigenvalue weighted by Gasteiger charge is -1.97. The third-order valence-electron chi connectivity index (χ3n) is 2.26. The molecule has 17 heavy (non-hydrogen) atoms. The van der Waals surface area contributed by atoms with Crippen LogP contribution in [0.3, 0.4) is 0 Å². The number of benzene rings is 1. The second-order valence-corrected chi connectivity index (χ2v) is 5.66. The predicted octanol–water partition coefficient (Wildman–Crippen LogP) is 3.47. The summed E-state index contributed by atoms with van der Waals surface area (Å²) in [7, 11) is 0. The maximum Gasteiger partial charge on any atom is 0.147 e. The molecular weight excluding hydrogens is 298 g/mol. The smallest absolute Gasteiger partial charge is 0.147 e. The molecule has 0 spiro atoms. The van der Waals surface area contributed by atoms with Gasteiger partial charge in [-0.3, -0.25) is 0 Å². The summed E-state index contributed by atoms with van der Waals surface area (Å²) in [6, 6.07) is 8.14. The molecule has 1 heterocycles. The van der Waals surface area contributed by atoms with Crippen molar-refractivity contribution in [3.05, 3.63) is 33.7 Å². The minimum absolute atomic E-state index is 0.808. The third-order valence-corrected chi connectivity index (χ3v) is 3.76. The Bertz CT molecular complexity index is 467. The molecule has 1 N–H and O–H groups in total. The quantitative estimate of drug-likeness (QED) is 0.859. The van der Waals surface area contributed by atoms with Crippen molar-refractivity contribution in [1.29, 1.82) is 0 Å². The van der Waals surface area contributed by atoms with Gasteiger partial charge < -0.3 is 5.32 Å². The molecule has 0 saturated heterocycles. The first-order valence-electron chi connectivity index (χ1n) is 5.58. The summed E-state index contributed by atoms with van der Waals surface area (Å²) >= 11 is 5.06. The van der Waals surface area contributed by atoms with Gasteiger partial charge in [0.25, 0.3) is 0 Å². The van der Waals surface area contributed by atoms with Crippen molar-refractivity contribution in [3.8, 4) is 10.6 Å². The minimum atomic E-state index is 0.808. The molecule has 0 saturated carbocycles. The molecule has 1 aromatic heterocycles. The van der Waals surface area contributed by atoms with E-state index in [1.807, 2.05) is 24.3 Å². The second-order valence-electron chi connectivity index (χ2n) is 3.68. The van der Waals surface area contributed by atoms with Crippen LogP contribution in [0.1, 0.15) is 18.4 Å². The normalized spacial score (nSPS) is 10.7. The van der Waals surface area contributed by atoms with Gasteiger partial charge in [0.2, 0.25) is 0 Å². The molecular formula is C12H14BrN3S. The van der Waals surface area contributed by atoms with Crippen molar-refractivity contribution in [2.45, 2.75) is 19.9 Å². The van der Waals surface area contributed by atoms with E-state index in [1.165, 1.54) is 0 Å². The topological polar surface area (TPSA) is 37.8 Å². The Balaban J connectivity index is 2.04. The molecule has 3 nitrogen and oxygen atoms in total. The molecule has 0 radical (unpaired) electrons. The summed E-state index contributed by atoms with van der Waals surface area (Å²) < 4.78 is 1.08. The molecule has 2 rings (SSSR count). The highest BCUT2D eigenvalue weighted by Gasteiger charge is 2.05. The summed E-state index contributed by atoms with van der Waals surface area (Å²) in [5.74, 6) is 0. The van der Waals surface area contributed by atoms with E-state index in [1.54, 1.807) is 11.3 Å². The molecule has 90 valence electrons. The fourth-order valence-electron chi connectivity index (χ4n) is 1.41. The summed E-state index contributed by atoms with van der Waals surface area (Å²) in [5.41, 5.74) is 1.12. The molecule has 0 fully saturated rings. The summed E-state index contributed by atoms with van der Waals surface area (Å²) in [6.45, 7) is 3.98. The van der Waals surface area contributed by atoms with Crippen LogP contribution in [0.5, 0.6) is 0 Å². The number of nitrogens with zero attached hydrogens (tertiary/aromatic N) is 2. The highest BCUT2D eigenvalue weighted by molar-refractivity contribution is 9.10. The number of nitrogens with one attached hydrogen (secondary N) is 1. The molecule has 2 aromatic rings. The average Bonchev–Trinajstić information content (AvgIpc) is 2.79. The first-order valence-corrected chi connectivity index (χ1v) is 7.19. The molecule has 0 atom stereocenters. The SMILES string of the molecule is CCCNCc1nnc(-c2ccc(Br)cc2)s1. The van der Waals surface area contributed by atoms with E-state index in [4.69, 9.17) is 0 Å². The largest absolute Gasteiger partial charge is 0.310 e. The van der Waals surface area contributed by atoms with Gasteiger partial charge in [0.05, 0.1) is 0 Å². The summed E-state index contributed by atoms with van der Waals surface area (Å²) in [5, 5.41) is 13.7. The Labute approximate surface area is 113 Å². The van der Waals surface area contributed by atoms with Crippen LogP contribution in [0.4, 0.5) is 0 Å². The molecule has 1 aromatic carbocycles. The number of aromatic nitrogens is 2. The zero-order valence-electron chi connectivity index (χ0n) is 9.61. The van der Waals surface area contributed by atoms with Crippen LogP contribution in [0.25, 0.3) is 10.6 Å². The van der Waals surface area contributed by atoms with E-state index >= 15 is 0 Å². The number of halogens is 1. The Kier molecular flexibility index (Phi) is 4.65. The summed E-state index contributed by atoms with van der Waals surface area (Å²) in [4.78, 5) is 0. The van der Waals surface area contributed by atoms with Gasteiger partial charge in [0.15, 0.2) is 0 Å². The lowest BCUT2D eigenvalue weighted by Crippen LogP contribution is -2.13. The fraction of sp³-hybridized carbons (Fsp3) is 0.333. The van der Waals surface area contributed by atoms with Crippen LogP contribution in [0.15, 0.2) is 28.7 Å². The Hall–Kier alpha value is -0.780. The van der Waals surface area contributed by atoms with Crippen LogP contribution >= 0.6 is 27.3 Å². The third kappa shape index (κ3) is 3.59. The summed E-state index contributed by atoms with van der Waals surface area (Å²) in [6.07, 6.45) is 1.14. The van der Waals surface area contributed by atoms with Gasteiger partial charge >= 0.3 is 0 Å². The van der Waals surface area contributed by atoms with Crippen molar-refractivity contribution >= 4 is 27.3 Å². The van der Waals surface area contributed by atoms with Crippen molar-refractivity contribution in [1.82, 2.24) is 15.5 Å². The van der Waals surface area contributed by atoms with Crippen LogP contribution in [-0.4, -0.2) is 16.7 Å². The molecule has 0 aliphatic carbocycles. The van der Waals surface area contributed by atoms with Gasteiger partial charge in [-0.2, -0.15) is 0 Å². The van der Waals surface area contributed by atoms with Gasteiger partial charge in [-0.1, -0.05) is 46.3 Å². The van der Waals surface area contributed by atoms with E-state index < -0.39 is 0 Å². The van der Waals surface area contributed by atoms with Gasteiger partial charge in [-0.05, 0) is 25.1 Å². The van der Waals surface area contributed by atoms with E-state index in [2.05, 4.69) is 38.4 Å². The van der Waals surface area contributed by atoms with Crippen LogP contribution < -0.4 is 5.32 Å². The Morgan fingerprint density at radius 1 is 1.24 bits per heavy atom. The molecule has 0 aliphatic heterocycles. The molecule has 0 aliphatic rings. The first-order chi connectivity index (χ1) is 8.29. The number of rotatable bonds is 5. The van der Waals surface area contributed by atoms with Crippen LogP contribution in [-0.2, 0) is 6.54 Å². The molecule has 5 heteroatoms. The second kappa shape index (κ2) is 6.23. The zero-order valence-corrected chi connectivity index (χ0v) is 12.0. The minimum Gasteiger partial charge on any atom is -0.310 e. The lowest BCUT2D eigenvalue weighted by molar-refractivity contribution is 0.668. The highest BCUT2D eigenvalue weighted by atomic mass is 79.9. The van der Waals surface area contributed by atoms with Gasteiger partial charge in [-0.25, -0.2) is 0 Å². The van der Waals surface area contributed by atoms with Crippen molar-refractivity contribution in [2.24, 2.45) is 0 Å². The van der Waals surface area contributed by atoms with Gasteiger partial charge in [-0.15, -0.1) is 10.2 Å². The lowest BCUT2D eigenvalue weighted by atomic mass is 10.2.